The molecule has 0 bridgehead atoms. The standard InChI is InChI=1S/C19H24ClN3O4S/c1-23-18(24)15(22-19(23)28)11-13-12-21-17-14(13)3-2-4-16(17)27-10-9-26-8-7-25-6-5-20/h2-4,11-12,19,21-22,28H,5-10H2,1H3/b15-11-. The molecule has 28 heavy (non-hydrogen) atoms. The van der Waals surface area contributed by atoms with E-state index in [-0.39, 0.29) is 11.4 Å². The summed E-state index contributed by atoms with van der Waals surface area (Å²) in [6.07, 6.45) is 3.68. The van der Waals surface area contributed by atoms with Gasteiger partial charge in [0.25, 0.3) is 5.91 Å². The van der Waals surface area contributed by atoms with Gasteiger partial charge in [-0.25, -0.2) is 0 Å². The fraction of sp³-hybridized carbons (Fsp3) is 0.421. The molecule has 0 aliphatic carbocycles. The van der Waals surface area contributed by atoms with Crippen molar-refractivity contribution < 1.29 is 19.0 Å². The number of aromatic nitrogens is 1. The van der Waals surface area contributed by atoms with Crippen molar-refractivity contribution in [1.82, 2.24) is 15.2 Å². The Morgan fingerprint density at radius 2 is 1.96 bits per heavy atom. The Balaban J connectivity index is 1.60. The number of fused-ring (bicyclic) bond motifs is 1. The molecule has 3 rings (SSSR count). The van der Waals surface area contributed by atoms with Gasteiger partial charge in [-0.05, 0) is 12.1 Å². The van der Waals surface area contributed by atoms with E-state index in [1.54, 1.807) is 11.9 Å². The van der Waals surface area contributed by atoms with E-state index in [0.717, 1.165) is 22.2 Å². The number of alkyl halides is 1. The molecule has 0 radical (unpaired) electrons. The summed E-state index contributed by atoms with van der Waals surface area (Å²) in [7, 11) is 1.71. The van der Waals surface area contributed by atoms with Crippen LogP contribution in [0.1, 0.15) is 5.56 Å². The summed E-state index contributed by atoms with van der Waals surface area (Å²) in [4.78, 5) is 17.0. The lowest BCUT2D eigenvalue weighted by molar-refractivity contribution is -0.123. The van der Waals surface area contributed by atoms with Gasteiger partial charge in [-0.15, -0.1) is 24.2 Å². The second-order valence-corrected chi connectivity index (χ2v) is 7.04. The van der Waals surface area contributed by atoms with Crippen LogP contribution in [0.2, 0.25) is 0 Å². The number of carbonyl (C=O) groups excluding carboxylic acids is 1. The van der Waals surface area contributed by atoms with Crippen molar-refractivity contribution in [3.8, 4) is 5.75 Å². The highest BCUT2D eigenvalue weighted by molar-refractivity contribution is 7.80. The fourth-order valence-electron chi connectivity index (χ4n) is 2.83. The number of halogens is 1. The Kier molecular flexibility index (Phi) is 7.50. The molecule has 1 aliphatic rings. The predicted octanol–water partition coefficient (Wildman–Crippen LogP) is 2.43. The molecule has 1 aromatic carbocycles. The average Bonchev–Trinajstić information content (AvgIpc) is 3.21. The number of ether oxygens (including phenoxy) is 3. The summed E-state index contributed by atoms with van der Waals surface area (Å²) in [6, 6.07) is 5.80. The smallest absolute Gasteiger partial charge is 0.272 e. The number of nitrogens with one attached hydrogen (secondary N) is 2. The molecule has 1 fully saturated rings. The molecular formula is C19H24ClN3O4S. The van der Waals surface area contributed by atoms with E-state index in [1.165, 1.54) is 0 Å². The lowest BCUT2D eigenvalue weighted by Crippen LogP contribution is -2.28. The normalized spacial score (nSPS) is 18.2. The molecule has 9 heteroatoms. The minimum atomic E-state index is -0.316. The van der Waals surface area contributed by atoms with Crippen molar-refractivity contribution in [2.45, 2.75) is 5.50 Å². The lowest BCUT2D eigenvalue weighted by Gasteiger charge is -2.11. The number of thiol groups is 1. The second-order valence-electron chi connectivity index (χ2n) is 6.18. The molecule has 1 unspecified atom stereocenters. The first-order chi connectivity index (χ1) is 13.6. The third-order valence-corrected chi connectivity index (χ3v) is 4.92. The summed E-state index contributed by atoms with van der Waals surface area (Å²) in [5, 5.41) is 4.03. The van der Waals surface area contributed by atoms with Crippen LogP contribution in [0.25, 0.3) is 17.0 Å². The summed E-state index contributed by atoms with van der Waals surface area (Å²) < 4.78 is 16.6. The average molecular weight is 426 g/mol. The van der Waals surface area contributed by atoms with Crippen molar-refractivity contribution in [3.05, 3.63) is 35.7 Å². The van der Waals surface area contributed by atoms with Gasteiger partial charge in [-0.1, -0.05) is 12.1 Å². The number of hydrogen-bond donors (Lipinski definition) is 3. The van der Waals surface area contributed by atoms with Gasteiger partial charge < -0.3 is 29.4 Å². The maximum Gasteiger partial charge on any atom is 0.272 e. The number of benzene rings is 1. The van der Waals surface area contributed by atoms with Crippen LogP contribution in [0.3, 0.4) is 0 Å². The summed E-state index contributed by atoms with van der Waals surface area (Å²) in [5.74, 6) is 1.13. The Labute approximate surface area is 174 Å². The van der Waals surface area contributed by atoms with Crippen LogP contribution in [-0.2, 0) is 14.3 Å². The maximum absolute atomic E-state index is 12.2. The van der Waals surface area contributed by atoms with Gasteiger partial charge in [0, 0.05) is 30.1 Å². The number of carbonyl (C=O) groups is 1. The van der Waals surface area contributed by atoms with Crippen LogP contribution < -0.4 is 10.1 Å². The van der Waals surface area contributed by atoms with Gasteiger partial charge in [0.2, 0.25) is 0 Å². The Morgan fingerprint density at radius 3 is 2.68 bits per heavy atom. The molecule has 1 atom stereocenters. The van der Waals surface area contributed by atoms with E-state index >= 15 is 0 Å². The Hall–Kier alpha value is -1.87. The number of rotatable bonds is 10. The van der Waals surface area contributed by atoms with E-state index in [1.807, 2.05) is 30.5 Å². The van der Waals surface area contributed by atoms with Crippen molar-refractivity contribution in [1.29, 1.82) is 0 Å². The van der Waals surface area contributed by atoms with Crippen LogP contribution in [0, 0.1) is 0 Å². The van der Waals surface area contributed by atoms with E-state index in [4.69, 9.17) is 25.8 Å². The van der Waals surface area contributed by atoms with Crippen LogP contribution >= 0.6 is 24.2 Å². The highest BCUT2D eigenvalue weighted by Gasteiger charge is 2.29. The highest BCUT2D eigenvalue weighted by Crippen LogP contribution is 2.29. The van der Waals surface area contributed by atoms with Crippen LogP contribution in [-0.4, -0.2) is 67.3 Å². The summed E-state index contributed by atoms with van der Waals surface area (Å²) >= 11 is 9.86. The van der Waals surface area contributed by atoms with Crippen molar-refractivity contribution in [2.24, 2.45) is 0 Å². The van der Waals surface area contributed by atoms with Gasteiger partial charge in [-0.2, -0.15) is 0 Å². The number of hydrogen-bond acceptors (Lipinski definition) is 6. The topological polar surface area (TPSA) is 75.8 Å². The van der Waals surface area contributed by atoms with E-state index in [9.17, 15) is 4.79 Å². The number of nitrogens with zero attached hydrogens (tertiary/aromatic N) is 1. The predicted molar refractivity (Wildman–Crippen MR) is 113 cm³/mol. The molecule has 1 aromatic heterocycles. The molecule has 152 valence electrons. The summed E-state index contributed by atoms with van der Waals surface area (Å²) in [6.45, 7) is 2.45. The van der Waals surface area contributed by atoms with E-state index in [2.05, 4.69) is 22.9 Å². The lowest BCUT2D eigenvalue weighted by atomic mass is 10.1. The zero-order chi connectivity index (χ0) is 19.9. The quantitative estimate of drug-likeness (QED) is 0.236. The van der Waals surface area contributed by atoms with Crippen molar-refractivity contribution in [2.75, 3.05) is 46.0 Å². The third-order valence-electron chi connectivity index (χ3n) is 4.29. The van der Waals surface area contributed by atoms with Gasteiger partial charge >= 0.3 is 0 Å². The fourth-order valence-corrected chi connectivity index (χ4v) is 3.19. The van der Waals surface area contributed by atoms with Crippen LogP contribution in [0.4, 0.5) is 0 Å². The minimum Gasteiger partial charge on any atom is -0.489 e. The van der Waals surface area contributed by atoms with Crippen molar-refractivity contribution >= 4 is 47.1 Å². The van der Waals surface area contributed by atoms with Crippen molar-refractivity contribution in [3.63, 3.8) is 0 Å². The molecular weight excluding hydrogens is 402 g/mol. The van der Waals surface area contributed by atoms with E-state index in [0.29, 0.717) is 44.6 Å². The van der Waals surface area contributed by atoms with Gasteiger partial charge in [0.15, 0.2) is 0 Å². The second kappa shape index (κ2) is 10.1. The third kappa shape index (κ3) is 4.94. The number of H-pyrrole nitrogens is 1. The first-order valence-corrected chi connectivity index (χ1v) is 10.0. The largest absolute Gasteiger partial charge is 0.489 e. The molecule has 7 nitrogen and oxygen atoms in total. The maximum atomic E-state index is 12.2. The Bertz CT molecular complexity index is 842. The number of likely N-dealkylation sites (N-methyl/N-ethyl adjacent to an activating group) is 1. The zero-order valence-electron chi connectivity index (χ0n) is 15.6. The summed E-state index contributed by atoms with van der Waals surface area (Å²) in [5.41, 5.74) is 1.98. The first-order valence-electron chi connectivity index (χ1n) is 8.99. The van der Waals surface area contributed by atoms with Gasteiger partial charge in [-0.3, -0.25) is 4.79 Å². The molecule has 1 saturated heterocycles. The number of aromatic amines is 1. The molecule has 0 spiro atoms. The highest BCUT2D eigenvalue weighted by atomic mass is 35.5. The van der Waals surface area contributed by atoms with Gasteiger partial charge in [0.1, 0.15) is 23.6 Å². The Morgan fingerprint density at radius 1 is 1.21 bits per heavy atom. The number of para-hydroxylation sites is 1. The first kappa shape index (κ1) is 20.9. The SMILES string of the molecule is CN1C(=O)/C(=C/c2c[nH]c3c(OCCOCCOCCCl)cccc23)NC1S. The zero-order valence-corrected chi connectivity index (χ0v) is 17.3. The molecule has 0 saturated carbocycles. The molecule has 1 aliphatic heterocycles. The molecule has 1 amide bonds. The van der Waals surface area contributed by atoms with E-state index < -0.39 is 0 Å². The monoisotopic (exact) mass is 425 g/mol. The molecule has 2 heterocycles. The van der Waals surface area contributed by atoms with Crippen LogP contribution in [0.5, 0.6) is 5.75 Å². The van der Waals surface area contributed by atoms with Crippen LogP contribution in [0.15, 0.2) is 30.1 Å². The molecule has 2 N–H and O–H groups in total. The number of amides is 1. The molecule has 2 aromatic rings. The van der Waals surface area contributed by atoms with Gasteiger partial charge in [0.05, 0.1) is 31.9 Å². The minimum absolute atomic E-state index is 0.0890.